The van der Waals surface area contributed by atoms with E-state index in [9.17, 15) is 0 Å². The lowest BCUT2D eigenvalue weighted by molar-refractivity contribution is 0.415. The Hall–Kier alpha value is -1.04. The zero-order valence-corrected chi connectivity index (χ0v) is 9.69. The molecule has 1 aromatic heterocycles. The third-order valence-corrected chi connectivity index (χ3v) is 2.34. The zero-order chi connectivity index (χ0) is 9.97. The highest BCUT2D eigenvalue weighted by atomic mass is 127. The molecule has 0 aliphatic heterocycles. The van der Waals surface area contributed by atoms with Crippen molar-refractivity contribution < 1.29 is 9.15 Å². The van der Waals surface area contributed by atoms with Gasteiger partial charge >= 0.3 is 0 Å². The zero-order valence-electron chi connectivity index (χ0n) is 7.53. The van der Waals surface area contributed by atoms with E-state index in [-0.39, 0.29) is 0 Å². The molecule has 0 atom stereocenters. The highest BCUT2D eigenvalue weighted by Crippen LogP contribution is 2.23. The first-order chi connectivity index (χ1) is 6.79. The summed E-state index contributed by atoms with van der Waals surface area (Å²) in [7, 11) is 1.64. The molecule has 2 aromatic rings. The van der Waals surface area contributed by atoms with Crippen LogP contribution in [0.2, 0.25) is 0 Å². The molecule has 14 heavy (non-hydrogen) atoms. The first-order valence-electron chi connectivity index (χ1n) is 4.05. The van der Waals surface area contributed by atoms with Gasteiger partial charge in [-0.3, -0.25) is 0 Å². The number of hydrogen-bond acceptors (Lipinski definition) is 3. The molecular weight excluding hydrogens is 293 g/mol. The molecule has 0 saturated carbocycles. The Morgan fingerprint density at radius 1 is 1.43 bits per heavy atom. The van der Waals surface area contributed by atoms with Crippen LogP contribution < -0.4 is 4.74 Å². The minimum Gasteiger partial charge on any atom is -0.497 e. The van der Waals surface area contributed by atoms with Crippen molar-refractivity contribution in [3.8, 4) is 17.0 Å². The molecule has 0 bridgehead atoms. The topological polar surface area (TPSA) is 35.3 Å². The highest BCUT2D eigenvalue weighted by molar-refractivity contribution is 14.1. The van der Waals surface area contributed by atoms with Gasteiger partial charge in [-0.05, 0) is 12.1 Å². The average Bonchev–Trinajstić information content (AvgIpc) is 2.65. The quantitative estimate of drug-likeness (QED) is 0.800. The molecule has 0 N–H and O–H groups in total. The molecule has 1 aromatic carbocycles. The number of nitrogens with zero attached hydrogens (tertiary/aromatic N) is 1. The summed E-state index contributed by atoms with van der Waals surface area (Å²) < 4.78 is 10.9. The Kier molecular flexibility index (Phi) is 2.72. The van der Waals surface area contributed by atoms with Gasteiger partial charge in [-0.25, -0.2) is 4.98 Å². The van der Waals surface area contributed by atoms with Gasteiger partial charge in [0.05, 0.1) is 7.11 Å². The van der Waals surface area contributed by atoms with Gasteiger partial charge in [0.25, 0.3) is 3.90 Å². The van der Waals surface area contributed by atoms with Gasteiger partial charge in [-0.15, -0.1) is 0 Å². The van der Waals surface area contributed by atoms with Gasteiger partial charge in [-0.2, -0.15) is 0 Å². The summed E-state index contributed by atoms with van der Waals surface area (Å²) in [6.07, 6.45) is 1.64. The first-order valence-corrected chi connectivity index (χ1v) is 5.13. The standard InChI is InChI=1S/C10H8INO2/c1-13-8-4-2-3-7(5-8)9-6-14-10(11)12-9/h2-6H,1H3. The largest absolute Gasteiger partial charge is 0.497 e. The number of halogens is 1. The summed E-state index contributed by atoms with van der Waals surface area (Å²) in [5, 5.41) is 0. The lowest BCUT2D eigenvalue weighted by atomic mass is 10.2. The van der Waals surface area contributed by atoms with Gasteiger partial charge in [0.2, 0.25) is 0 Å². The van der Waals surface area contributed by atoms with Crippen molar-refractivity contribution in [2.75, 3.05) is 7.11 Å². The Labute approximate surface area is 95.2 Å². The summed E-state index contributed by atoms with van der Waals surface area (Å²) in [4.78, 5) is 4.22. The van der Waals surface area contributed by atoms with Gasteiger partial charge in [0, 0.05) is 28.2 Å². The highest BCUT2D eigenvalue weighted by Gasteiger charge is 2.04. The number of rotatable bonds is 2. The number of benzene rings is 1. The second-order valence-electron chi connectivity index (χ2n) is 2.72. The van der Waals surface area contributed by atoms with Crippen LogP contribution in [-0.4, -0.2) is 12.1 Å². The summed E-state index contributed by atoms with van der Waals surface area (Å²) in [5.74, 6) is 0.820. The molecule has 0 unspecified atom stereocenters. The molecule has 0 saturated heterocycles. The molecular formula is C10H8INO2. The number of hydrogen-bond donors (Lipinski definition) is 0. The van der Waals surface area contributed by atoms with E-state index < -0.39 is 0 Å². The molecule has 2 rings (SSSR count). The van der Waals surface area contributed by atoms with E-state index in [1.165, 1.54) is 0 Å². The monoisotopic (exact) mass is 301 g/mol. The Balaban J connectivity index is 2.41. The normalized spacial score (nSPS) is 10.1. The van der Waals surface area contributed by atoms with E-state index in [1.54, 1.807) is 13.4 Å². The molecule has 0 spiro atoms. The average molecular weight is 301 g/mol. The van der Waals surface area contributed by atoms with Crippen LogP contribution in [0.3, 0.4) is 0 Å². The van der Waals surface area contributed by atoms with Gasteiger partial charge in [0.15, 0.2) is 0 Å². The predicted octanol–water partition coefficient (Wildman–Crippen LogP) is 2.95. The van der Waals surface area contributed by atoms with Gasteiger partial charge in [-0.1, -0.05) is 12.1 Å². The Morgan fingerprint density at radius 3 is 2.93 bits per heavy atom. The van der Waals surface area contributed by atoms with E-state index in [4.69, 9.17) is 9.15 Å². The molecule has 72 valence electrons. The third-order valence-electron chi connectivity index (χ3n) is 1.84. The molecule has 3 nitrogen and oxygen atoms in total. The maximum absolute atomic E-state index is 5.13. The second-order valence-corrected chi connectivity index (χ2v) is 3.64. The minimum atomic E-state index is 0.639. The first kappa shape index (κ1) is 9.51. The second kappa shape index (κ2) is 4.00. The molecule has 4 heteroatoms. The third kappa shape index (κ3) is 1.89. The van der Waals surface area contributed by atoms with Crippen molar-refractivity contribution in [2.45, 2.75) is 0 Å². The van der Waals surface area contributed by atoms with Crippen molar-refractivity contribution >= 4 is 22.6 Å². The van der Waals surface area contributed by atoms with Crippen LogP contribution in [0.4, 0.5) is 0 Å². The molecule has 1 heterocycles. The van der Waals surface area contributed by atoms with Crippen molar-refractivity contribution in [1.82, 2.24) is 4.98 Å². The molecule has 0 aliphatic carbocycles. The Bertz CT molecular complexity index is 439. The van der Waals surface area contributed by atoms with Gasteiger partial charge < -0.3 is 9.15 Å². The van der Waals surface area contributed by atoms with E-state index in [1.807, 2.05) is 46.9 Å². The smallest absolute Gasteiger partial charge is 0.257 e. The van der Waals surface area contributed by atoms with Crippen LogP contribution in [-0.2, 0) is 0 Å². The lowest BCUT2D eigenvalue weighted by Gasteiger charge is -2.00. The van der Waals surface area contributed by atoms with Crippen LogP contribution >= 0.6 is 22.6 Å². The number of methoxy groups -OCH3 is 1. The number of oxazole rings is 1. The fraction of sp³-hybridized carbons (Fsp3) is 0.100. The van der Waals surface area contributed by atoms with Crippen molar-refractivity contribution in [1.29, 1.82) is 0 Å². The van der Waals surface area contributed by atoms with Crippen LogP contribution in [0, 0.1) is 3.90 Å². The maximum Gasteiger partial charge on any atom is 0.257 e. The minimum absolute atomic E-state index is 0.639. The fourth-order valence-electron chi connectivity index (χ4n) is 1.17. The summed E-state index contributed by atoms with van der Waals surface area (Å²) in [6, 6.07) is 7.72. The van der Waals surface area contributed by atoms with Crippen LogP contribution in [0.15, 0.2) is 34.9 Å². The maximum atomic E-state index is 5.13. The van der Waals surface area contributed by atoms with Crippen molar-refractivity contribution in [2.24, 2.45) is 0 Å². The summed E-state index contributed by atoms with van der Waals surface area (Å²) in [5.41, 5.74) is 1.82. The molecule has 0 fully saturated rings. The number of ether oxygens (including phenoxy) is 1. The molecule has 0 aliphatic rings. The predicted molar refractivity (Wildman–Crippen MR) is 61.2 cm³/mol. The SMILES string of the molecule is COc1cccc(-c2coc(I)n2)c1. The van der Waals surface area contributed by atoms with Crippen LogP contribution in [0.25, 0.3) is 11.3 Å². The Morgan fingerprint density at radius 2 is 2.29 bits per heavy atom. The summed E-state index contributed by atoms with van der Waals surface area (Å²) >= 11 is 2.04. The van der Waals surface area contributed by atoms with Gasteiger partial charge in [0.1, 0.15) is 17.7 Å². The van der Waals surface area contributed by atoms with Crippen LogP contribution in [0.1, 0.15) is 0 Å². The van der Waals surface area contributed by atoms with Crippen molar-refractivity contribution in [3.05, 3.63) is 34.4 Å². The van der Waals surface area contributed by atoms with E-state index in [0.29, 0.717) is 3.90 Å². The molecule has 0 radical (unpaired) electrons. The van der Waals surface area contributed by atoms with Crippen LogP contribution in [0.5, 0.6) is 5.75 Å². The fourth-order valence-corrected chi connectivity index (χ4v) is 1.55. The van der Waals surface area contributed by atoms with Crippen molar-refractivity contribution in [3.63, 3.8) is 0 Å². The van der Waals surface area contributed by atoms with E-state index >= 15 is 0 Å². The van der Waals surface area contributed by atoms with E-state index in [0.717, 1.165) is 17.0 Å². The van der Waals surface area contributed by atoms with E-state index in [2.05, 4.69) is 4.98 Å². The summed E-state index contributed by atoms with van der Waals surface area (Å²) in [6.45, 7) is 0. The molecule has 0 amide bonds. The number of aromatic nitrogens is 1. The lowest BCUT2D eigenvalue weighted by Crippen LogP contribution is -1.83.